The molecule has 0 aliphatic heterocycles. The van der Waals surface area contributed by atoms with Gasteiger partial charge < -0.3 is 0 Å². The molecule has 2 heterocycles. The Kier molecular flexibility index (Phi) is 7.70. The first kappa shape index (κ1) is 33.4. The number of hydrogen-bond donors (Lipinski definition) is 0. The molecule has 2 aromatic heterocycles. The highest BCUT2D eigenvalue weighted by atomic mass is 15.2. The number of para-hydroxylation sites is 1. The Bertz CT molecular complexity index is 3180. The molecule has 0 N–H and O–H groups in total. The Morgan fingerprint density at radius 2 is 1.05 bits per heavy atom. The molecule has 8 aromatic carbocycles. The molecule has 0 amide bonds. The summed E-state index contributed by atoms with van der Waals surface area (Å²) >= 11 is 0. The first-order valence-corrected chi connectivity index (χ1v) is 19.4. The van der Waals surface area contributed by atoms with E-state index in [9.17, 15) is 0 Å². The lowest BCUT2D eigenvalue weighted by Crippen LogP contribution is -2.28. The van der Waals surface area contributed by atoms with E-state index in [2.05, 4.69) is 179 Å². The molecule has 0 radical (unpaired) electrons. The minimum absolute atomic E-state index is 0.522. The standard InChI is InChI=1S/C53H33N5/c1-54-41-30-28-36(29-31-41)50-55-51(38-19-15-18-37(34-38)35-16-5-2-6-17-35)57-52(56-50)58-46-27-14-12-25-43(46)49-47(58)33-32-45-48(49)42-24-11-13-26-44(42)53(45,39-20-7-3-8-21-39)40-22-9-4-10-23-40/h2-34H. The van der Waals surface area contributed by atoms with E-state index in [1.54, 1.807) is 0 Å². The molecule has 58 heavy (non-hydrogen) atoms. The van der Waals surface area contributed by atoms with Gasteiger partial charge in [-0.25, -0.2) is 9.83 Å². The Labute approximate surface area is 336 Å². The number of benzene rings is 8. The molecule has 0 spiro atoms. The summed E-state index contributed by atoms with van der Waals surface area (Å²) in [6.45, 7) is 7.54. The minimum Gasteiger partial charge on any atom is -0.278 e. The fourth-order valence-corrected chi connectivity index (χ4v) is 9.08. The monoisotopic (exact) mass is 739 g/mol. The molecule has 11 rings (SSSR count). The third-order valence-electron chi connectivity index (χ3n) is 11.6. The van der Waals surface area contributed by atoms with Gasteiger partial charge in [-0.05, 0) is 62.7 Å². The Hall–Kier alpha value is -7.94. The van der Waals surface area contributed by atoms with Gasteiger partial charge in [0, 0.05) is 21.9 Å². The van der Waals surface area contributed by atoms with Crippen molar-refractivity contribution in [2.45, 2.75) is 5.41 Å². The van der Waals surface area contributed by atoms with Crippen LogP contribution in [0.25, 0.3) is 77.6 Å². The average Bonchev–Trinajstić information content (AvgIpc) is 3.81. The van der Waals surface area contributed by atoms with Gasteiger partial charge in [0.25, 0.3) is 0 Å². The van der Waals surface area contributed by atoms with Crippen molar-refractivity contribution >= 4 is 27.5 Å². The number of aromatic nitrogens is 4. The zero-order chi connectivity index (χ0) is 38.6. The lowest BCUT2D eigenvalue weighted by atomic mass is 9.67. The summed E-state index contributed by atoms with van der Waals surface area (Å²) in [6, 6.07) is 70.0. The summed E-state index contributed by atoms with van der Waals surface area (Å²) in [5.74, 6) is 1.62. The van der Waals surface area contributed by atoms with E-state index in [1.165, 1.54) is 33.4 Å². The van der Waals surface area contributed by atoms with Crippen LogP contribution in [0.1, 0.15) is 22.3 Å². The van der Waals surface area contributed by atoms with E-state index >= 15 is 0 Å². The molecule has 1 aliphatic carbocycles. The highest BCUT2D eigenvalue weighted by Gasteiger charge is 2.47. The maximum absolute atomic E-state index is 7.54. The van der Waals surface area contributed by atoms with E-state index in [1.807, 2.05) is 30.3 Å². The van der Waals surface area contributed by atoms with Crippen molar-refractivity contribution in [1.29, 1.82) is 0 Å². The molecule has 5 nitrogen and oxygen atoms in total. The second-order valence-electron chi connectivity index (χ2n) is 14.7. The predicted molar refractivity (Wildman–Crippen MR) is 234 cm³/mol. The summed E-state index contributed by atoms with van der Waals surface area (Å²) in [4.78, 5) is 19.2. The van der Waals surface area contributed by atoms with E-state index in [-0.39, 0.29) is 0 Å². The lowest BCUT2D eigenvalue weighted by molar-refractivity contribution is 0.769. The van der Waals surface area contributed by atoms with Crippen LogP contribution in [0.4, 0.5) is 5.69 Å². The van der Waals surface area contributed by atoms with Crippen molar-refractivity contribution in [2.24, 2.45) is 0 Å². The van der Waals surface area contributed by atoms with Crippen LogP contribution in [-0.2, 0) is 5.41 Å². The summed E-state index contributed by atoms with van der Waals surface area (Å²) < 4.78 is 2.20. The van der Waals surface area contributed by atoms with Gasteiger partial charge in [0.2, 0.25) is 5.95 Å². The molecule has 10 aromatic rings. The maximum atomic E-state index is 7.54. The van der Waals surface area contributed by atoms with Gasteiger partial charge in [0.15, 0.2) is 17.3 Å². The molecule has 0 bridgehead atoms. The van der Waals surface area contributed by atoms with E-state index < -0.39 is 5.41 Å². The first-order chi connectivity index (χ1) is 28.7. The van der Waals surface area contributed by atoms with Crippen LogP contribution >= 0.6 is 0 Å². The number of fused-ring (bicyclic) bond motifs is 7. The number of nitrogens with zero attached hydrogens (tertiary/aromatic N) is 5. The second kappa shape index (κ2) is 13.4. The second-order valence-corrected chi connectivity index (χ2v) is 14.7. The third-order valence-corrected chi connectivity index (χ3v) is 11.6. The highest BCUT2D eigenvalue weighted by Crippen LogP contribution is 2.58. The van der Waals surface area contributed by atoms with Gasteiger partial charge in [0.05, 0.1) is 23.0 Å². The quantitative estimate of drug-likeness (QED) is 0.160. The number of hydrogen-bond acceptors (Lipinski definition) is 3. The molecule has 0 unspecified atom stereocenters. The zero-order valence-corrected chi connectivity index (χ0v) is 31.3. The van der Waals surface area contributed by atoms with Crippen LogP contribution in [0.2, 0.25) is 0 Å². The van der Waals surface area contributed by atoms with Gasteiger partial charge in [-0.3, -0.25) is 4.57 Å². The van der Waals surface area contributed by atoms with Gasteiger partial charge in [-0.1, -0.05) is 182 Å². The van der Waals surface area contributed by atoms with Crippen molar-refractivity contribution in [3.05, 3.63) is 234 Å². The topological polar surface area (TPSA) is 48.0 Å². The largest absolute Gasteiger partial charge is 0.278 e. The molecule has 270 valence electrons. The van der Waals surface area contributed by atoms with Crippen LogP contribution in [-0.4, -0.2) is 19.5 Å². The minimum atomic E-state index is -0.527. The molecule has 0 fully saturated rings. The average molecular weight is 740 g/mol. The smallest absolute Gasteiger partial charge is 0.238 e. The summed E-state index contributed by atoms with van der Waals surface area (Å²) in [5, 5.41) is 2.28. The van der Waals surface area contributed by atoms with Gasteiger partial charge >= 0.3 is 0 Å². The molecular weight excluding hydrogens is 707 g/mol. The van der Waals surface area contributed by atoms with E-state index in [0.29, 0.717) is 23.3 Å². The SMILES string of the molecule is [C-]#[N+]c1ccc(-c2nc(-c3cccc(-c4ccccc4)c3)nc(-n3c4ccccc4c4c5c(ccc43)C(c3ccccc3)(c3ccccc3)c3ccccc3-5)n2)cc1. The highest BCUT2D eigenvalue weighted by molar-refractivity contribution is 6.18. The van der Waals surface area contributed by atoms with Gasteiger partial charge in [-0.2, -0.15) is 9.97 Å². The van der Waals surface area contributed by atoms with Crippen molar-refractivity contribution in [3.8, 4) is 51.0 Å². The summed E-state index contributed by atoms with van der Waals surface area (Å²) in [7, 11) is 0. The molecule has 0 saturated carbocycles. The molecule has 5 heteroatoms. The van der Waals surface area contributed by atoms with Crippen LogP contribution in [0, 0.1) is 6.57 Å². The summed E-state index contributed by atoms with van der Waals surface area (Å²) in [6.07, 6.45) is 0. The lowest BCUT2D eigenvalue weighted by Gasteiger charge is -2.33. The Morgan fingerprint density at radius 3 is 1.78 bits per heavy atom. The van der Waals surface area contributed by atoms with Crippen LogP contribution in [0.15, 0.2) is 200 Å². The van der Waals surface area contributed by atoms with Crippen molar-refractivity contribution < 1.29 is 0 Å². The first-order valence-electron chi connectivity index (χ1n) is 19.4. The van der Waals surface area contributed by atoms with Gasteiger partial charge in [-0.15, -0.1) is 0 Å². The van der Waals surface area contributed by atoms with Crippen molar-refractivity contribution in [2.75, 3.05) is 0 Å². The molecule has 0 saturated heterocycles. The Morgan fingerprint density at radius 1 is 0.448 bits per heavy atom. The third kappa shape index (κ3) is 5.06. The predicted octanol–water partition coefficient (Wildman–Crippen LogP) is 12.9. The van der Waals surface area contributed by atoms with Crippen molar-refractivity contribution in [3.63, 3.8) is 0 Å². The molecule has 0 atom stereocenters. The number of rotatable bonds is 6. The zero-order valence-electron chi connectivity index (χ0n) is 31.3. The van der Waals surface area contributed by atoms with Gasteiger partial charge in [0.1, 0.15) is 0 Å². The molecular formula is C53H33N5. The normalized spacial score (nSPS) is 12.6. The fraction of sp³-hybridized carbons (Fsp3) is 0.0189. The van der Waals surface area contributed by atoms with Crippen LogP contribution in [0.3, 0.4) is 0 Å². The van der Waals surface area contributed by atoms with Crippen LogP contribution in [0.5, 0.6) is 0 Å². The summed E-state index contributed by atoms with van der Waals surface area (Å²) in [5.41, 5.74) is 13.3. The fourth-order valence-electron chi connectivity index (χ4n) is 9.08. The van der Waals surface area contributed by atoms with E-state index in [0.717, 1.165) is 44.1 Å². The Balaban J connectivity index is 1.21. The maximum Gasteiger partial charge on any atom is 0.238 e. The van der Waals surface area contributed by atoms with E-state index in [4.69, 9.17) is 21.5 Å². The molecule has 1 aliphatic rings. The van der Waals surface area contributed by atoms with Crippen LogP contribution < -0.4 is 0 Å². The van der Waals surface area contributed by atoms with Crippen molar-refractivity contribution in [1.82, 2.24) is 19.5 Å².